The lowest BCUT2D eigenvalue weighted by Crippen LogP contribution is -2.27. The Kier molecular flexibility index (Phi) is 7.16. The molecular weight excluding hydrogens is 360 g/mol. The summed E-state index contributed by atoms with van der Waals surface area (Å²) in [5.41, 5.74) is 3.34. The molecule has 27 heavy (non-hydrogen) atoms. The van der Waals surface area contributed by atoms with E-state index in [1.165, 1.54) is 11.8 Å². The summed E-state index contributed by atoms with van der Waals surface area (Å²) >= 11 is 0. The van der Waals surface area contributed by atoms with Gasteiger partial charge in [-0.2, -0.15) is 0 Å². The molecule has 0 saturated heterocycles. The van der Waals surface area contributed by atoms with Crippen LogP contribution in [0.2, 0.25) is 0 Å². The zero-order chi connectivity index (χ0) is 20.0. The molecule has 2 rings (SSSR count). The number of nitrogens with zero attached hydrogens (tertiary/aromatic N) is 1. The van der Waals surface area contributed by atoms with Crippen molar-refractivity contribution in [1.82, 2.24) is 10.2 Å². The fraction of sp³-hybridized carbons (Fsp3) is 0.381. The number of carbonyl (C=O) groups excluding carboxylic acids is 1. The third-order valence-electron chi connectivity index (χ3n) is 4.48. The number of benzene rings is 2. The molecule has 0 unspecified atom stereocenters. The summed E-state index contributed by atoms with van der Waals surface area (Å²) in [6.45, 7) is 5.53. The van der Waals surface area contributed by atoms with Crippen molar-refractivity contribution >= 4 is 15.7 Å². The number of hydrogen-bond acceptors (Lipinski definition) is 4. The molecule has 0 heterocycles. The SMILES string of the molecule is CC(C)N(C)Cc1ccccc1CNC(=O)c1cccc(CS(C)(=O)=O)c1. The molecule has 0 fully saturated rings. The average Bonchev–Trinajstić information content (AvgIpc) is 2.59. The Labute approximate surface area is 162 Å². The molecule has 2 aromatic rings. The van der Waals surface area contributed by atoms with Gasteiger partial charge in [0.1, 0.15) is 0 Å². The van der Waals surface area contributed by atoms with Crippen molar-refractivity contribution in [2.75, 3.05) is 13.3 Å². The fourth-order valence-corrected chi connectivity index (χ4v) is 3.50. The van der Waals surface area contributed by atoms with Crippen LogP contribution in [0.5, 0.6) is 0 Å². The zero-order valence-electron chi connectivity index (χ0n) is 16.4. The Morgan fingerprint density at radius 2 is 1.74 bits per heavy atom. The molecule has 1 N–H and O–H groups in total. The van der Waals surface area contributed by atoms with E-state index in [9.17, 15) is 13.2 Å². The predicted octanol–water partition coefficient (Wildman–Crippen LogP) is 3.00. The highest BCUT2D eigenvalue weighted by Crippen LogP contribution is 2.13. The van der Waals surface area contributed by atoms with Gasteiger partial charge in [-0.25, -0.2) is 8.42 Å². The van der Waals surface area contributed by atoms with Crippen molar-refractivity contribution in [2.24, 2.45) is 0 Å². The number of sulfone groups is 1. The van der Waals surface area contributed by atoms with E-state index in [0.717, 1.165) is 12.1 Å². The summed E-state index contributed by atoms with van der Waals surface area (Å²) in [5.74, 6) is -0.282. The summed E-state index contributed by atoms with van der Waals surface area (Å²) in [5, 5.41) is 2.94. The number of hydrogen-bond donors (Lipinski definition) is 1. The summed E-state index contributed by atoms with van der Waals surface area (Å²) in [4.78, 5) is 14.8. The van der Waals surface area contributed by atoms with Crippen molar-refractivity contribution in [3.63, 3.8) is 0 Å². The molecule has 0 atom stereocenters. The summed E-state index contributed by atoms with van der Waals surface area (Å²) in [7, 11) is -1.06. The Morgan fingerprint density at radius 3 is 2.37 bits per heavy atom. The van der Waals surface area contributed by atoms with E-state index < -0.39 is 9.84 Å². The molecule has 0 saturated carbocycles. The molecule has 0 radical (unpaired) electrons. The van der Waals surface area contributed by atoms with E-state index in [1.807, 2.05) is 18.2 Å². The topological polar surface area (TPSA) is 66.5 Å². The first-order chi connectivity index (χ1) is 12.7. The summed E-state index contributed by atoms with van der Waals surface area (Å²) in [6.07, 6.45) is 1.19. The molecule has 2 aromatic carbocycles. The number of amides is 1. The maximum absolute atomic E-state index is 12.5. The van der Waals surface area contributed by atoms with Crippen LogP contribution in [0.4, 0.5) is 0 Å². The van der Waals surface area contributed by atoms with Gasteiger partial charge in [-0.1, -0.05) is 36.4 Å². The predicted molar refractivity (Wildman–Crippen MR) is 109 cm³/mol. The normalized spacial score (nSPS) is 11.8. The van der Waals surface area contributed by atoms with Crippen LogP contribution in [0.1, 0.15) is 40.9 Å². The fourth-order valence-electron chi connectivity index (χ4n) is 2.72. The van der Waals surface area contributed by atoms with Gasteiger partial charge in [-0.3, -0.25) is 9.69 Å². The molecule has 146 valence electrons. The zero-order valence-corrected chi connectivity index (χ0v) is 17.2. The second-order valence-corrected chi connectivity index (χ2v) is 9.37. The van der Waals surface area contributed by atoms with Crippen molar-refractivity contribution in [3.8, 4) is 0 Å². The average molecular weight is 389 g/mol. The summed E-state index contributed by atoms with van der Waals surface area (Å²) < 4.78 is 22.9. The van der Waals surface area contributed by atoms with E-state index in [2.05, 4.69) is 37.2 Å². The monoisotopic (exact) mass is 388 g/mol. The number of nitrogens with one attached hydrogen (secondary N) is 1. The van der Waals surface area contributed by atoms with Crippen LogP contribution < -0.4 is 5.32 Å². The maximum Gasteiger partial charge on any atom is 0.251 e. The maximum atomic E-state index is 12.5. The van der Waals surface area contributed by atoms with Gasteiger partial charge in [0.15, 0.2) is 9.84 Å². The summed E-state index contributed by atoms with van der Waals surface area (Å²) in [6, 6.07) is 15.3. The second-order valence-electron chi connectivity index (χ2n) is 7.23. The van der Waals surface area contributed by atoms with Crippen molar-refractivity contribution in [2.45, 2.75) is 38.7 Å². The molecule has 0 bridgehead atoms. The highest BCUT2D eigenvalue weighted by Gasteiger charge is 2.11. The van der Waals surface area contributed by atoms with Crippen molar-refractivity contribution in [3.05, 3.63) is 70.8 Å². The molecule has 0 aliphatic rings. The minimum atomic E-state index is -3.14. The molecule has 0 aromatic heterocycles. The van der Waals surface area contributed by atoms with Gasteiger partial charge in [-0.05, 0) is 49.7 Å². The van der Waals surface area contributed by atoms with Gasteiger partial charge < -0.3 is 5.32 Å². The Morgan fingerprint density at radius 1 is 1.07 bits per heavy atom. The third kappa shape index (κ3) is 6.81. The van der Waals surface area contributed by atoms with Gasteiger partial charge in [0.2, 0.25) is 0 Å². The van der Waals surface area contributed by atoms with E-state index >= 15 is 0 Å². The first-order valence-corrected chi connectivity index (χ1v) is 11.0. The second kappa shape index (κ2) is 9.15. The van der Waals surface area contributed by atoms with Gasteiger partial charge in [0.05, 0.1) is 5.75 Å². The minimum Gasteiger partial charge on any atom is -0.348 e. The van der Waals surface area contributed by atoms with Gasteiger partial charge in [0.25, 0.3) is 5.91 Å². The van der Waals surface area contributed by atoms with Crippen LogP contribution in [0.25, 0.3) is 0 Å². The van der Waals surface area contributed by atoms with Crippen LogP contribution in [-0.4, -0.2) is 38.6 Å². The minimum absolute atomic E-state index is 0.0709. The molecule has 5 nitrogen and oxygen atoms in total. The van der Waals surface area contributed by atoms with E-state index in [4.69, 9.17) is 0 Å². The lowest BCUT2D eigenvalue weighted by Gasteiger charge is -2.22. The van der Waals surface area contributed by atoms with Crippen LogP contribution in [0.3, 0.4) is 0 Å². The lowest BCUT2D eigenvalue weighted by atomic mass is 10.1. The first-order valence-electron chi connectivity index (χ1n) is 8.97. The Bertz CT molecular complexity index is 892. The molecule has 0 aliphatic heterocycles. The van der Waals surface area contributed by atoms with E-state index in [1.54, 1.807) is 24.3 Å². The highest BCUT2D eigenvalue weighted by molar-refractivity contribution is 7.89. The van der Waals surface area contributed by atoms with Crippen LogP contribution >= 0.6 is 0 Å². The van der Waals surface area contributed by atoms with Crippen LogP contribution in [0, 0.1) is 0 Å². The quantitative estimate of drug-likeness (QED) is 0.755. The van der Waals surface area contributed by atoms with Crippen LogP contribution in [-0.2, 0) is 28.7 Å². The lowest BCUT2D eigenvalue weighted by molar-refractivity contribution is 0.0950. The largest absolute Gasteiger partial charge is 0.348 e. The molecule has 6 heteroatoms. The Balaban J connectivity index is 2.07. The molecule has 0 spiro atoms. The van der Waals surface area contributed by atoms with E-state index in [0.29, 0.717) is 23.7 Å². The van der Waals surface area contributed by atoms with Gasteiger partial charge >= 0.3 is 0 Å². The van der Waals surface area contributed by atoms with Crippen LogP contribution in [0.15, 0.2) is 48.5 Å². The third-order valence-corrected chi connectivity index (χ3v) is 5.33. The molecule has 1 amide bonds. The highest BCUT2D eigenvalue weighted by atomic mass is 32.2. The van der Waals surface area contributed by atoms with Gasteiger partial charge in [-0.15, -0.1) is 0 Å². The molecular formula is C21H28N2O3S. The smallest absolute Gasteiger partial charge is 0.251 e. The number of rotatable bonds is 8. The molecule has 0 aliphatic carbocycles. The van der Waals surface area contributed by atoms with Gasteiger partial charge in [0, 0.05) is 31.0 Å². The Hall–Kier alpha value is -2.18. The standard InChI is InChI=1S/C21H28N2O3S/c1-16(2)23(3)14-20-10-6-5-9-19(20)13-22-21(24)18-11-7-8-17(12-18)15-27(4,25)26/h5-12,16H,13-15H2,1-4H3,(H,22,24). The van der Waals surface area contributed by atoms with E-state index in [-0.39, 0.29) is 11.7 Å². The van der Waals surface area contributed by atoms with Crippen molar-refractivity contribution < 1.29 is 13.2 Å². The first kappa shape index (κ1) is 21.1. The number of carbonyl (C=O) groups is 1. The van der Waals surface area contributed by atoms with Crippen molar-refractivity contribution in [1.29, 1.82) is 0 Å².